The molecular weight excluding hydrogens is 225 g/mol. The van der Waals surface area contributed by atoms with Crippen LogP contribution in [0.25, 0.3) is 16.4 Å². The molecule has 4 heteroatoms. The number of rotatable bonds is 3. The molecule has 2 nitrogen and oxygen atoms in total. The standard InChI is InChI=1S/C12H10FNOS/c13-10(4-6-15)9-7-12(16-8-9)11-3-1-2-5-14-11/h1-5,7-8,15H,6H2. The summed E-state index contributed by atoms with van der Waals surface area (Å²) in [7, 11) is 0. The summed E-state index contributed by atoms with van der Waals surface area (Å²) in [4.78, 5) is 5.10. The van der Waals surface area contributed by atoms with Crippen molar-refractivity contribution < 1.29 is 9.50 Å². The van der Waals surface area contributed by atoms with Gasteiger partial charge in [0.05, 0.1) is 17.2 Å². The third-order valence-electron chi connectivity index (χ3n) is 2.06. The minimum Gasteiger partial charge on any atom is -0.392 e. The Bertz CT molecular complexity index is 493. The summed E-state index contributed by atoms with van der Waals surface area (Å²) in [6, 6.07) is 7.34. The van der Waals surface area contributed by atoms with Gasteiger partial charge < -0.3 is 5.11 Å². The molecule has 16 heavy (non-hydrogen) atoms. The van der Waals surface area contributed by atoms with Gasteiger partial charge in [0, 0.05) is 17.1 Å². The van der Waals surface area contributed by atoms with Crippen molar-refractivity contribution in [2.45, 2.75) is 0 Å². The lowest BCUT2D eigenvalue weighted by Crippen LogP contribution is -1.78. The lowest BCUT2D eigenvalue weighted by molar-refractivity contribution is 0.342. The second-order valence-corrected chi connectivity index (χ2v) is 4.06. The minimum absolute atomic E-state index is 0.291. The summed E-state index contributed by atoms with van der Waals surface area (Å²) >= 11 is 1.43. The average molecular weight is 235 g/mol. The molecule has 0 radical (unpaired) electrons. The molecule has 2 heterocycles. The van der Waals surface area contributed by atoms with Gasteiger partial charge in [0.25, 0.3) is 0 Å². The Kier molecular flexibility index (Phi) is 3.44. The molecule has 0 bridgehead atoms. The predicted octanol–water partition coefficient (Wildman–Crippen LogP) is 3.11. The van der Waals surface area contributed by atoms with Crippen LogP contribution in [0.2, 0.25) is 0 Å². The number of aromatic nitrogens is 1. The zero-order valence-electron chi connectivity index (χ0n) is 8.43. The molecule has 0 unspecified atom stereocenters. The van der Waals surface area contributed by atoms with E-state index in [0.29, 0.717) is 5.56 Å². The second-order valence-electron chi connectivity index (χ2n) is 3.15. The topological polar surface area (TPSA) is 33.1 Å². The Morgan fingerprint density at radius 1 is 1.50 bits per heavy atom. The van der Waals surface area contributed by atoms with Crippen LogP contribution in [-0.4, -0.2) is 16.7 Å². The van der Waals surface area contributed by atoms with Crippen LogP contribution in [0.1, 0.15) is 5.56 Å². The van der Waals surface area contributed by atoms with Crippen LogP contribution in [-0.2, 0) is 0 Å². The van der Waals surface area contributed by atoms with Gasteiger partial charge in [0.2, 0.25) is 0 Å². The quantitative estimate of drug-likeness (QED) is 0.886. The third-order valence-corrected chi connectivity index (χ3v) is 3.02. The first-order valence-corrected chi connectivity index (χ1v) is 5.66. The summed E-state index contributed by atoms with van der Waals surface area (Å²) in [6.07, 6.45) is 2.85. The fraction of sp³-hybridized carbons (Fsp3) is 0.0833. The van der Waals surface area contributed by atoms with Crippen molar-refractivity contribution in [2.75, 3.05) is 6.61 Å². The molecule has 0 amide bonds. The Balaban J connectivity index is 2.30. The molecule has 0 aromatic carbocycles. The van der Waals surface area contributed by atoms with Crippen molar-refractivity contribution in [1.82, 2.24) is 4.98 Å². The van der Waals surface area contributed by atoms with E-state index in [4.69, 9.17) is 5.11 Å². The van der Waals surface area contributed by atoms with Gasteiger partial charge in [-0.1, -0.05) is 6.07 Å². The zero-order valence-corrected chi connectivity index (χ0v) is 9.25. The molecule has 0 spiro atoms. The number of nitrogens with zero attached hydrogens (tertiary/aromatic N) is 1. The molecule has 0 atom stereocenters. The van der Waals surface area contributed by atoms with Gasteiger partial charge >= 0.3 is 0 Å². The average Bonchev–Trinajstić information content (AvgIpc) is 2.80. The molecule has 0 aliphatic heterocycles. The molecule has 0 fully saturated rings. The van der Waals surface area contributed by atoms with E-state index in [0.717, 1.165) is 16.6 Å². The predicted molar refractivity (Wildman–Crippen MR) is 63.7 cm³/mol. The molecule has 2 rings (SSSR count). The Hall–Kier alpha value is -1.52. The SMILES string of the molecule is OCC=C(F)c1csc(-c2ccccn2)c1. The smallest absolute Gasteiger partial charge is 0.129 e. The lowest BCUT2D eigenvalue weighted by atomic mass is 10.2. The Morgan fingerprint density at radius 3 is 3.06 bits per heavy atom. The number of pyridine rings is 1. The summed E-state index contributed by atoms with van der Waals surface area (Å²) < 4.78 is 13.4. The third kappa shape index (κ3) is 2.35. The van der Waals surface area contributed by atoms with E-state index in [-0.39, 0.29) is 6.61 Å². The molecular formula is C12H10FNOS. The van der Waals surface area contributed by atoms with E-state index < -0.39 is 5.83 Å². The number of aliphatic hydroxyl groups excluding tert-OH is 1. The van der Waals surface area contributed by atoms with E-state index in [9.17, 15) is 4.39 Å². The zero-order chi connectivity index (χ0) is 11.4. The summed E-state index contributed by atoms with van der Waals surface area (Å²) in [5, 5.41) is 10.3. The van der Waals surface area contributed by atoms with Crippen molar-refractivity contribution >= 4 is 17.2 Å². The molecule has 1 N–H and O–H groups in total. The molecule has 0 saturated carbocycles. The first-order valence-electron chi connectivity index (χ1n) is 4.78. The highest BCUT2D eigenvalue weighted by molar-refractivity contribution is 7.13. The van der Waals surface area contributed by atoms with Crippen LogP contribution >= 0.6 is 11.3 Å². The molecule has 82 valence electrons. The fourth-order valence-corrected chi connectivity index (χ4v) is 2.17. The van der Waals surface area contributed by atoms with Crippen LogP contribution in [0.15, 0.2) is 41.9 Å². The summed E-state index contributed by atoms with van der Waals surface area (Å²) in [6.45, 7) is -0.291. The maximum atomic E-state index is 13.4. The van der Waals surface area contributed by atoms with Crippen molar-refractivity contribution in [3.8, 4) is 10.6 Å². The maximum absolute atomic E-state index is 13.4. The van der Waals surface area contributed by atoms with Gasteiger partial charge in [-0.3, -0.25) is 4.98 Å². The summed E-state index contributed by atoms with van der Waals surface area (Å²) in [5.41, 5.74) is 1.32. The molecule has 0 saturated heterocycles. The van der Waals surface area contributed by atoms with E-state index in [1.54, 1.807) is 17.6 Å². The molecule has 0 aliphatic carbocycles. The highest BCUT2D eigenvalue weighted by Crippen LogP contribution is 2.29. The summed E-state index contributed by atoms with van der Waals surface area (Å²) in [5.74, 6) is -0.402. The lowest BCUT2D eigenvalue weighted by Gasteiger charge is -1.93. The second kappa shape index (κ2) is 5.01. The van der Waals surface area contributed by atoms with Gasteiger partial charge in [-0.05, 0) is 24.3 Å². The Labute approximate surface area is 96.7 Å². The highest BCUT2D eigenvalue weighted by atomic mass is 32.1. The normalized spacial score (nSPS) is 11.8. The maximum Gasteiger partial charge on any atom is 0.129 e. The van der Waals surface area contributed by atoms with Crippen LogP contribution in [0.4, 0.5) is 4.39 Å². The van der Waals surface area contributed by atoms with E-state index >= 15 is 0 Å². The van der Waals surface area contributed by atoms with Crippen LogP contribution in [0, 0.1) is 0 Å². The van der Waals surface area contributed by atoms with Gasteiger partial charge in [-0.25, -0.2) is 4.39 Å². The largest absolute Gasteiger partial charge is 0.392 e. The number of aliphatic hydroxyl groups is 1. The van der Waals surface area contributed by atoms with Crippen molar-refractivity contribution in [3.63, 3.8) is 0 Å². The van der Waals surface area contributed by atoms with Crippen molar-refractivity contribution in [3.05, 3.63) is 47.5 Å². The minimum atomic E-state index is -0.402. The van der Waals surface area contributed by atoms with Crippen LogP contribution in [0.5, 0.6) is 0 Å². The van der Waals surface area contributed by atoms with E-state index in [1.165, 1.54) is 11.3 Å². The van der Waals surface area contributed by atoms with Gasteiger partial charge in [0.15, 0.2) is 0 Å². The van der Waals surface area contributed by atoms with Crippen LogP contribution in [0.3, 0.4) is 0 Å². The molecule has 0 aliphatic rings. The monoisotopic (exact) mass is 235 g/mol. The van der Waals surface area contributed by atoms with Gasteiger partial charge in [-0.2, -0.15) is 0 Å². The van der Waals surface area contributed by atoms with Gasteiger partial charge in [-0.15, -0.1) is 11.3 Å². The highest BCUT2D eigenvalue weighted by Gasteiger charge is 2.06. The van der Waals surface area contributed by atoms with Crippen molar-refractivity contribution in [2.24, 2.45) is 0 Å². The van der Waals surface area contributed by atoms with E-state index in [1.807, 2.05) is 18.2 Å². The van der Waals surface area contributed by atoms with Crippen LogP contribution < -0.4 is 0 Å². The first kappa shape index (κ1) is 11.0. The number of thiophene rings is 1. The number of hydrogen-bond donors (Lipinski definition) is 1. The molecule has 2 aromatic rings. The Morgan fingerprint density at radius 2 is 2.38 bits per heavy atom. The van der Waals surface area contributed by atoms with Gasteiger partial charge in [0.1, 0.15) is 5.83 Å². The fourth-order valence-electron chi connectivity index (χ4n) is 1.30. The van der Waals surface area contributed by atoms with E-state index in [2.05, 4.69) is 4.98 Å². The van der Waals surface area contributed by atoms with Crippen molar-refractivity contribution in [1.29, 1.82) is 0 Å². The first-order chi connectivity index (χ1) is 7.81. The number of hydrogen-bond acceptors (Lipinski definition) is 3. The molecule has 2 aromatic heterocycles. The number of halogens is 1.